The van der Waals surface area contributed by atoms with E-state index < -0.39 is 0 Å². The highest BCUT2D eigenvalue weighted by molar-refractivity contribution is 5.91. The maximum atomic E-state index is 12.1. The molecular weight excluding hydrogens is 294 g/mol. The van der Waals surface area contributed by atoms with E-state index in [1.807, 2.05) is 24.3 Å². The van der Waals surface area contributed by atoms with E-state index in [0.717, 1.165) is 30.9 Å². The maximum Gasteiger partial charge on any atom is 0.273 e. The zero-order valence-corrected chi connectivity index (χ0v) is 13.2. The van der Waals surface area contributed by atoms with E-state index in [0.29, 0.717) is 18.2 Å². The lowest BCUT2D eigenvalue weighted by Crippen LogP contribution is -2.26. The number of ether oxygens (including phenoxy) is 1. The predicted octanol–water partition coefficient (Wildman–Crippen LogP) is 1.01. The molecule has 2 heterocycles. The van der Waals surface area contributed by atoms with Crippen molar-refractivity contribution in [3.63, 3.8) is 0 Å². The molecule has 1 atom stereocenters. The first-order chi connectivity index (χ1) is 11.3. The van der Waals surface area contributed by atoms with Gasteiger partial charge in [-0.1, -0.05) is 5.21 Å². The third-order valence-corrected chi connectivity index (χ3v) is 4.06. The van der Waals surface area contributed by atoms with Gasteiger partial charge in [0.2, 0.25) is 0 Å². The summed E-state index contributed by atoms with van der Waals surface area (Å²) in [6.07, 6.45) is 3.81. The topological polar surface area (TPSA) is 81.1 Å². The van der Waals surface area contributed by atoms with E-state index in [4.69, 9.17) is 4.74 Å². The first kappa shape index (κ1) is 15.5. The SMILES string of the molecule is COc1ccc(-n2cc(C(=O)NCCC3CCNC3)nn2)cc1. The largest absolute Gasteiger partial charge is 0.497 e. The average Bonchev–Trinajstić information content (AvgIpc) is 3.26. The van der Waals surface area contributed by atoms with Crippen LogP contribution < -0.4 is 15.4 Å². The highest BCUT2D eigenvalue weighted by Crippen LogP contribution is 2.14. The second kappa shape index (κ2) is 7.23. The van der Waals surface area contributed by atoms with Crippen LogP contribution >= 0.6 is 0 Å². The lowest BCUT2D eigenvalue weighted by Gasteiger charge is -2.08. The van der Waals surface area contributed by atoms with Gasteiger partial charge in [-0.15, -0.1) is 5.10 Å². The van der Waals surface area contributed by atoms with E-state index in [2.05, 4.69) is 20.9 Å². The lowest BCUT2D eigenvalue weighted by atomic mass is 10.1. The molecule has 1 unspecified atom stereocenters. The third kappa shape index (κ3) is 3.87. The number of amides is 1. The van der Waals surface area contributed by atoms with Gasteiger partial charge in [-0.25, -0.2) is 4.68 Å². The molecule has 0 saturated carbocycles. The highest BCUT2D eigenvalue weighted by Gasteiger charge is 2.15. The summed E-state index contributed by atoms with van der Waals surface area (Å²) < 4.78 is 6.70. The summed E-state index contributed by atoms with van der Waals surface area (Å²) in [6.45, 7) is 2.79. The fourth-order valence-electron chi connectivity index (χ4n) is 2.67. The molecule has 1 saturated heterocycles. The molecule has 1 aliphatic rings. The van der Waals surface area contributed by atoms with Crippen molar-refractivity contribution >= 4 is 5.91 Å². The first-order valence-electron chi connectivity index (χ1n) is 7.82. The van der Waals surface area contributed by atoms with Crippen LogP contribution in [0.1, 0.15) is 23.3 Å². The second-order valence-corrected chi connectivity index (χ2v) is 5.65. The van der Waals surface area contributed by atoms with Gasteiger partial charge in [0.05, 0.1) is 19.0 Å². The number of carbonyl (C=O) groups excluding carboxylic acids is 1. The second-order valence-electron chi connectivity index (χ2n) is 5.65. The van der Waals surface area contributed by atoms with Crippen LogP contribution in [0.25, 0.3) is 5.69 Å². The number of aromatic nitrogens is 3. The molecule has 3 rings (SSSR count). The molecule has 0 aliphatic carbocycles. The summed E-state index contributed by atoms with van der Waals surface area (Å²) in [4.78, 5) is 12.1. The number of nitrogens with one attached hydrogen (secondary N) is 2. The molecule has 1 amide bonds. The van der Waals surface area contributed by atoms with Crippen LogP contribution in [0.3, 0.4) is 0 Å². The minimum atomic E-state index is -0.185. The molecule has 2 aromatic rings. The van der Waals surface area contributed by atoms with E-state index in [1.54, 1.807) is 18.0 Å². The van der Waals surface area contributed by atoms with Crippen LogP contribution in [0.15, 0.2) is 30.5 Å². The first-order valence-corrected chi connectivity index (χ1v) is 7.82. The van der Waals surface area contributed by atoms with Gasteiger partial charge in [0.1, 0.15) is 5.75 Å². The van der Waals surface area contributed by atoms with Gasteiger partial charge in [0.15, 0.2) is 5.69 Å². The van der Waals surface area contributed by atoms with Crippen LogP contribution in [0, 0.1) is 5.92 Å². The van der Waals surface area contributed by atoms with Crippen molar-refractivity contribution in [2.45, 2.75) is 12.8 Å². The van der Waals surface area contributed by atoms with Crippen molar-refractivity contribution in [3.05, 3.63) is 36.2 Å². The number of rotatable bonds is 6. The fraction of sp³-hybridized carbons (Fsp3) is 0.438. The van der Waals surface area contributed by atoms with E-state index in [1.165, 1.54) is 6.42 Å². The predicted molar refractivity (Wildman–Crippen MR) is 85.8 cm³/mol. The Morgan fingerprint density at radius 3 is 2.96 bits per heavy atom. The normalized spacial score (nSPS) is 17.2. The van der Waals surface area contributed by atoms with Crippen LogP contribution in [-0.4, -0.2) is 47.6 Å². The van der Waals surface area contributed by atoms with Crippen LogP contribution in [0.5, 0.6) is 5.75 Å². The molecule has 1 aliphatic heterocycles. The Morgan fingerprint density at radius 1 is 1.43 bits per heavy atom. The van der Waals surface area contributed by atoms with Gasteiger partial charge in [0, 0.05) is 6.54 Å². The Bertz CT molecular complexity index is 647. The van der Waals surface area contributed by atoms with Gasteiger partial charge < -0.3 is 15.4 Å². The molecular formula is C16H21N5O2. The molecule has 1 aromatic heterocycles. The Hall–Kier alpha value is -2.41. The van der Waals surface area contributed by atoms with Crippen molar-refractivity contribution in [2.75, 3.05) is 26.7 Å². The highest BCUT2D eigenvalue weighted by atomic mass is 16.5. The van der Waals surface area contributed by atoms with Crippen molar-refractivity contribution in [1.29, 1.82) is 0 Å². The number of hydrogen-bond acceptors (Lipinski definition) is 5. The Morgan fingerprint density at radius 2 is 2.26 bits per heavy atom. The van der Waals surface area contributed by atoms with Gasteiger partial charge in [-0.2, -0.15) is 0 Å². The number of benzene rings is 1. The van der Waals surface area contributed by atoms with Crippen LogP contribution in [0.4, 0.5) is 0 Å². The van der Waals surface area contributed by atoms with Crippen LogP contribution in [-0.2, 0) is 0 Å². The van der Waals surface area contributed by atoms with Crippen molar-refractivity contribution in [2.24, 2.45) is 5.92 Å². The summed E-state index contributed by atoms with van der Waals surface area (Å²) in [5, 5.41) is 14.2. The fourth-order valence-corrected chi connectivity index (χ4v) is 2.67. The number of methoxy groups -OCH3 is 1. The third-order valence-electron chi connectivity index (χ3n) is 4.06. The minimum absolute atomic E-state index is 0.185. The zero-order chi connectivity index (χ0) is 16.1. The molecule has 0 radical (unpaired) electrons. The monoisotopic (exact) mass is 315 g/mol. The molecule has 122 valence electrons. The molecule has 0 spiro atoms. The Balaban J connectivity index is 1.55. The molecule has 1 aromatic carbocycles. The Labute approximate surface area is 135 Å². The zero-order valence-electron chi connectivity index (χ0n) is 13.2. The number of nitrogens with zero attached hydrogens (tertiary/aromatic N) is 3. The van der Waals surface area contributed by atoms with E-state index in [9.17, 15) is 4.79 Å². The summed E-state index contributed by atoms with van der Waals surface area (Å²) in [7, 11) is 1.62. The van der Waals surface area contributed by atoms with Gasteiger partial charge in [0.25, 0.3) is 5.91 Å². The average molecular weight is 315 g/mol. The molecule has 7 nitrogen and oxygen atoms in total. The summed E-state index contributed by atoms with van der Waals surface area (Å²) in [5.74, 6) is 1.24. The number of carbonyl (C=O) groups is 1. The summed E-state index contributed by atoms with van der Waals surface area (Å²) in [5.41, 5.74) is 1.15. The van der Waals surface area contributed by atoms with E-state index >= 15 is 0 Å². The van der Waals surface area contributed by atoms with Gasteiger partial charge in [-0.3, -0.25) is 4.79 Å². The smallest absolute Gasteiger partial charge is 0.273 e. The van der Waals surface area contributed by atoms with Crippen molar-refractivity contribution in [1.82, 2.24) is 25.6 Å². The van der Waals surface area contributed by atoms with Gasteiger partial charge >= 0.3 is 0 Å². The van der Waals surface area contributed by atoms with Crippen LogP contribution in [0.2, 0.25) is 0 Å². The van der Waals surface area contributed by atoms with Crippen molar-refractivity contribution in [3.8, 4) is 11.4 Å². The number of hydrogen-bond donors (Lipinski definition) is 2. The molecule has 23 heavy (non-hydrogen) atoms. The van der Waals surface area contributed by atoms with E-state index in [-0.39, 0.29) is 5.91 Å². The molecule has 1 fully saturated rings. The maximum absolute atomic E-state index is 12.1. The lowest BCUT2D eigenvalue weighted by molar-refractivity contribution is 0.0946. The standard InChI is InChI=1S/C16H21N5O2/c1-23-14-4-2-13(3-5-14)21-11-15(19-20-21)16(22)18-9-7-12-6-8-17-10-12/h2-5,11-12,17H,6-10H2,1H3,(H,18,22). The minimum Gasteiger partial charge on any atom is -0.497 e. The van der Waals surface area contributed by atoms with Gasteiger partial charge in [-0.05, 0) is 56.1 Å². The summed E-state index contributed by atoms with van der Waals surface area (Å²) >= 11 is 0. The van der Waals surface area contributed by atoms with Crippen molar-refractivity contribution < 1.29 is 9.53 Å². The Kier molecular flexibility index (Phi) is 4.87. The summed E-state index contributed by atoms with van der Waals surface area (Å²) in [6, 6.07) is 7.41. The molecule has 7 heteroatoms. The molecule has 0 bridgehead atoms. The quantitative estimate of drug-likeness (QED) is 0.831. The molecule has 2 N–H and O–H groups in total.